The summed E-state index contributed by atoms with van der Waals surface area (Å²) in [6.45, 7) is 7.05. The molecule has 1 aromatic rings. The van der Waals surface area contributed by atoms with Crippen molar-refractivity contribution >= 4 is 5.78 Å². The van der Waals surface area contributed by atoms with E-state index in [1.165, 1.54) is 0 Å². The van der Waals surface area contributed by atoms with Gasteiger partial charge in [0.2, 0.25) is 0 Å². The van der Waals surface area contributed by atoms with Crippen LogP contribution in [-0.2, 0) is 0 Å². The number of benzene rings is 1. The van der Waals surface area contributed by atoms with E-state index in [1.807, 2.05) is 19.1 Å². The monoisotopic (exact) mass is 219 g/mol. The van der Waals surface area contributed by atoms with Crippen LogP contribution >= 0.6 is 0 Å². The smallest absolute Gasteiger partial charge is 0.176 e. The largest absolute Gasteiger partial charge is 0.494 e. The fourth-order valence-corrected chi connectivity index (χ4v) is 1.32. The number of hydrogen-bond donors (Lipinski definition) is 1. The molecule has 1 N–H and O–H groups in total. The molecule has 0 aromatic heterocycles. The average Bonchev–Trinajstić information content (AvgIpc) is 2.30. The summed E-state index contributed by atoms with van der Waals surface area (Å²) in [5, 5.41) is 2.98. The fraction of sp³-hybridized carbons (Fsp3) is 0.308. The lowest BCUT2D eigenvalue weighted by Gasteiger charge is -2.05. The van der Waals surface area contributed by atoms with Crippen molar-refractivity contribution in [2.45, 2.75) is 6.92 Å². The summed E-state index contributed by atoms with van der Waals surface area (Å²) in [5.74, 6) is 0.792. The van der Waals surface area contributed by atoms with Gasteiger partial charge in [-0.15, -0.1) is 6.58 Å². The number of hydrogen-bond acceptors (Lipinski definition) is 3. The van der Waals surface area contributed by atoms with Gasteiger partial charge in [-0.05, 0) is 19.1 Å². The molecule has 0 bridgehead atoms. The van der Waals surface area contributed by atoms with Crippen LogP contribution in [0.5, 0.6) is 5.75 Å². The molecule has 0 aliphatic rings. The van der Waals surface area contributed by atoms with Crippen molar-refractivity contribution in [2.75, 3.05) is 19.7 Å². The lowest BCUT2D eigenvalue weighted by Crippen LogP contribution is -2.22. The predicted molar refractivity (Wildman–Crippen MR) is 65.0 cm³/mol. The molecule has 0 saturated carbocycles. The first kappa shape index (κ1) is 12.5. The van der Waals surface area contributed by atoms with E-state index in [-0.39, 0.29) is 5.78 Å². The highest BCUT2D eigenvalue weighted by Crippen LogP contribution is 2.13. The molecule has 1 aromatic carbocycles. The van der Waals surface area contributed by atoms with Crippen molar-refractivity contribution in [3.8, 4) is 5.75 Å². The maximum absolute atomic E-state index is 11.7. The lowest BCUT2D eigenvalue weighted by molar-refractivity contribution is 0.0992. The Bertz CT molecular complexity index is 361. The second-order valence-electron chi connectivity index (χ2n) is 3.30. The van der Waals surface area contributed by atoms with Crippen LogP contribution in [-0.4, -0.2) is 25.5 Å². The zero-order chi connectivity index (χ0) is 11.8. The van der Waals surface area contributed by atoms with Gasteiger partial charge in [0.05, 0.1) is 13.2 Å². The van der Waals surface area contributed by atoms with Crippen LogP contribution in [0.3, 0.4) is 0 Å². The minimum absolute atomic E-state index is 0.0587. The van der Waals surface area contributed by atoms with Gasteiger partial charge in [0.1, 0.15) is 5.75 Å². The molecular formula is C13H17NO2. The van der Waals surface area contributed by atoms with Crippen molar-refractivity contribution < 1.29 is 9.53 Å². The maximum atomic E-state index is 11.7. The Hall–Kier alpha value is -1.61. The van der Waals surface area contributed by atoms with Crippen LogP contribution in [0.15, 0.2) is 36.9 Å². The standard InChI is InChI=1S/C13H17NO2/c1-3-8-14-10-13(15)11-6-5-7-12(9-11)16-4-2/h3,5-7,9,14H,1,4,8,10H2,2H3. The SMILES string of the molecule is C=CCNCC(=O)c1cccc(OCC)c1. The summed E-state index contributed by atoms with van der Waals surface area (Å²) < 4.78 is 5.33. The van der Waals surface area contributed by atoms with Crippen molar-refractivity contribution in [3.05, 3.63) is 42.5 Å². The van der Waals surface area contributed by atoms with E-state index in [2.05, 4.69) is 11.9 Å². The molecule has 0 heterocycles. The summed E-state index contributed by atoms with van der Waals surface area (Å²) in [6.07, 6.45) is 1.73. The molecule has 0 saturated heterocycles. The van der Waals surface area contributed by atoms with Gasteiger partial charge >= 0.3 is 0 Å². The molecule has 1 rings (SSSR count). The van der Waals surface area contributed by atoms with Crippen molar-refractivity contribution in [1.29, 1.82) is 0 Å². The lowest BCUT2D eigenvalue weighted by atomic mass is 10.1. The normalized spacial score (nSPS) is 9.81. The molecule has 3 nitrogen and oxygen atoms in total. The third kappa shape index (κ3) is 3.87. The molecule has 0 spiro atoms. The fourth-order valence-electron chi connectivity index (χ4n) is 1.32. The Balaban J connectivity index is 2.60. The van der Waals surface area contributed by atoms with Crippen LogP contribution in [0.1, 0.15) is 17.3 Å². The average molecular weight is 219 g/mol. The third-order valence-electron chi connectivity index (χ3n) is 2.04. The first-order chi connectivity index (χ1) is 7.77. The van der Waals surface area contributed by atoms with Gasteiger partial charge in [0.15, 0.2) is 5.78 Å². The third-order valence-corrected chi connectivity index (χ3v) is 2.04. The molecule has 86 valence electrons. The molecule has 3 heteroatoms. The van der Waals surface area contributed by atoms with Gasteiger partial charge in [-0.2, -0.15) is 0 Å². The molecule has 0 fully saturated rings. The summed E-state index contributed by atoms with van der Waals surface area (Å²) >= 11 is 0. The van der Waals surface area contributed by atoms with Gasteiger partial charge in [0, 0.05) is 12.1 Å². The molecule has 0 atom stereocenters. The van der Waals surface area contributed by atoms with Gasteiger partial charge in [-0.1, -0.05) is 18.2 Å². The van der Waals surface area contributed by atoms with E-state index in [1.54, 1.807) is 18.2 Å². The molecule has 0 unspecified atom stereocenters. The van der Waals surface area contributed by atoms with E-state index in [9.17, 15) is 4.79 Å². The Labute approximate surface area is 96.1 Å². The summed E-state index contributed by atoms with van der Waals surface area (Å²) in [6, 6.07) is 7.23. The zero-order valence-electron chi connectivity index (χ0n) is 9.53. The highest BCUT2D eigenvalue weighted by molar-refractivity contribution is 5.97. The van der Waals surface area contributed by atoms with E-state index < -0.39 is 0 Å². The van der Waals surface area contributed by atoms with Crippen LogP contribution in [0.4, 0.5) is 0 Å². The van der Waals surface area contributed by atoms with Crippen LogP contribution < -0.4 is 10.1 Å². The Morgan fingerprint density at radius 2 is 2.38 bits per heavy atom. The molecular weight excluding hydrogens is 202 g/mol. The zero-order valence-corrected chi connectivity index (χ0v) is 9.53. The van der Waals surface area contributed by atoms with Gasteiger partial charge < -0.3 is 10.1 Å². The van der Waals surface area contributed by atoms with Crippen molar-refractivity contribution in [3.63, 3.8) is 0 Å². The van der Waals surface area contributed by atoms with Crippen LogP contribution in [0.2, 0.25) is 0 Å². The first-order valence-electron chi connectivity index (χ1n) is 5.35. The number of carbonyl (C=O) groups is 1. The summed E-state index contributed by atoms with van der Waals surface area (Å²) in [4.78, 5) is 11.7. The maximum Gasteiger partial charge on any atom is 0.176 e. The number of nitrogens with one attached hydrogen (secondary N) is 1. The van der Waals surface area contributed by atoms with Gasteiger partial charge in [-0.3, -0.25) is 4.79 Å². The molecule has 0 amide bonds. The molecule has 0 aliphatic heterocycles. The van der Waals surface area contributed by atoms with E-state index >= 15 is 0 Å². The van der Waals surface area contributed by atoms with E-state index in [0.29, 0.717) is 25.3 Å². The topological polar surface area (TPSA) is 38.3 Å². The Kier molecular flexibility index (Phi) is 5.29. The minimum Gasteiger partial charge on any atom is -0.494 e. The van der Waals surface area contributed by atoms with Crippen molar-refractivity contribution in [1.82, 2.24) is 5.32 Å². The van der Waals surface area contributed by atoms with Gasteiger partial charge in [0.25, 0.3) is 0 Å². The van der Waals surface area contributed by atoms with Crippen LogP contribution in [0.25, 0.3) is 0 Å². The number of rotatable bonds is 7. The Morgan fingerprint density at radius 1 is 1.56 bits per heavy atom. The summed E-state index contributed by atoms with van der Waals surface area (Å²) in [5.41, 5.74) is 0.669. The predicted octanol–water partition coefficient (Wildman–Crippen LogP) is 2.04. The number of ketones is 1. The number of Topliss-reactive ketones (excluding diaryl/α,β-unsaturated/α-hetero) is 1. The quantitative estimate of drug-likeness (QED) is 0.433. The van der Waals surface area contributed by atoms with E-state index in [4.69, 9.17) is 4.74 Å². The minimum atomic E-state index is 0.0587. The summed E-state index contributed by atoms with van der Waals surface area (Å²) in [7, 11) is 0. The molecule has 0 aliphatic carbocycles. The second kappa shape index (κ2) is 6.80. The van der Waals surface area contributed by atoms with Gasteiger partial charge in [-0.25, -0.2) is 0 Å². The van der Waals surface area contributed by atoms with Crippen LogP contribution in [0, 0.1) is 0 Å². The second-order valence-corrected chi connectivity index (χ2v) is 3.30. The molecule has 16 heavy (non-hydrogen) atoms. The number of ether oxygens (including phenoxy) is 1. The Morgan fingerprint density at radius 3 is 3.06 bits per heavy atom. The molecule has 0 radical (unpaired) electrons. The number of carbonyl (C=O) groups excluding carboxylic acids is 1. The highest BCUT2D eigenvalue weighted by Gasteiger charge is 2.05. The first-order valence-corrected chi connectivity index (χ1v) is 5.35. The highest BCUT2D eigenvalue weighted by atomic mass is 16.5. The van der Waals surface area contributed by atoms with E-state index in [0.717, 1.165) is 5.75 Å². The van der Waals surface area contributed by atoms with Crippen molar-refractivity contribution in [2.24, 2.45) is 0 Å².